The van der Waals surface area contributed by atoms with Gasteiger partial charge in [0.05, 0.1) is 5.02 Å². The molecule has 4 atom stereocenters. The van der Waals surface area contributed by atoms with E-state index in [2.05, 4.69) is 12.2 Å². The van der Waals surface area contributed by atoms with Gasteiger partial charge in [-0.05, 0) is 104 Å². The third-order valence-corrected chi connectivity index (χ3v) is 7.23. The normalized spacial score (nSPS) is 26.4. The molecule has 0 nitrogen and oxygen atoms in total. The fraction of sp³-hybridized carbons (Fsp3) is 0.440. The van der Waals surface area contributed by atoms with Gasteiger partial charge in [0.15, 0.2) is 0 Å². The Kier molecular flexibility index (Phi) is 6.06. The SMILES string of the molecule is CC=CCCC1CCC2c3cc(F)cc(F)c3CCC2C1c1ccc(Cl)c(F)c1. The van der Waals surface area contributed by atoms with Crippen LogP contribution < -0.4 is 0 Å². The fourth-order valence-corrected chi connectivity index (χ4v) is 5.84. The van der Waals surface area contributed by atoms with E-state index in [9.17, 15) is 13.2 Å². The van der Waals surface area contributed by atoms with Crippen LogP contribution in [0, 0.1) is 29.3 Å². The highest BCUT2D eigenvalue weighted by Crippen LogP contribution is 2.55. The summed E-state index contributed by atoms with van der Waals surface area (Å²) in [7, 11) is 0. The predicted octanol–water partition coefficient (Wildman–Crippen LogP) is 7.95. The van der Waals surface area contributed by atoms with Crippen LogP contribution in [0.5, 0.6) is 0 Å². The molecular formula is C25H26ClF3. The lowest BCUT2D eigenvalue weighted by Crippen LogP contribution is -2.35. The Morgan fingerprint density at radius 1 is 1.03 bits per heavy atom. The first-order chi connectivity index (χ1) is 14.0. The zero-order valence-electron chi connectivity index (χ0n) is 16.6. The van der Waals surface area contributed by atoms with Crippen LogP contribution in [0.4, 0.5) is 13.2 Å². The minimum atomic E-state index is -0.508. The van der Waals surface area contributed by atoms with Crippen LogP contribution in [0.15, 0.2) is 42.5 Å². The van der Waals surface area contributed by atoms with Crippen molar-refractivity contribution in [2.24, 2.45) is 11.8 Å². The third kappa shape index (κ3) is 3.99. The Hall–Kier alpha value is -1.74. The number of halogens is 4. The average molecular weight is 419 g/mol. The maximum Gasteiger partial charge on any atom is 0.142 e. The van der Waals surface area contributed by atoms with Crippen molar-refractivity contribution in [2.75, 3.05) is 0 Å². The second kappa shape index (κ2) is 8.55. The monoisotopic (exact) mass is 418 g/mol. The fourth-order valence-electron chi connectivity index (χ4n) is 5.72. The zero-order valence-corrected chi connectivity index (χ0v) is 17.4. The van der Waals surface area contributed by atoms with Gasteiger partial charge in [0, 0.05) is 6.07 Å². The van der Waals surface area contributed by atoms with E-state index in [1.807, 2.05) is 13.0 Å². The standard InChI is InChI=1S/C25H26ClF3/c1-2-3-4-5-15-6-8-18-20(25(15)16-7-11-22(26)24(29)12-16)10-9-19-21(18)13-17(27)14-23(19)28/h2-3,7,11-15,18,20,25H,4-6,8-10H2,1H3. The van der Waals surface area contributed by atoms with E-state index in [1.165, 1.54) is 6.07 Å². The van der Waals surface area contributed by atoms with Crippen molar-refractivity contribution in [2.45, 2.75) is 57.3 Å². The van der Waals surface area contributed by atoms with Crippen LogP contribution in [0.2, 0.25) is 5.02 Å². The molecule has 2 aliphatic rings. The molecular weight excluding hydrogens is 393 g/mol. The lowest BCUT2D eigenvalue weighted by atomic mass is 9.57. The molecule has 2 aromatic rings. The summed E-state index contributed by atoms with van der Waals surface area (Å²) in [6.07, 6.45) is 9.61. The second-order valence-electron chi connectivity index (χ2n) is 8.45. The predicted molar refractivity (Wildman–Crippen MR) is 112 cm³/mol. The summed E-state index contributed by atoms with van der Waals surface area (Å²) in [6.45, 7) is 2.02. The molecule has 0 radical (unpaired) electrons. The lowest BCUT2D eigenvalue weighted by molar-refractivity contribution is 0.161. The zero-order chi connectivity index (χ0) is 20.5. The number of hydrogen-bond donors (Lipinski definition) is 0. The maximum atomic E-state index is 14.4. The number of hydrogen-bond acceptors (Lipinski definition) is 0. The minimum Gasteiger partial charge on any atom is -0.207 e. The molecule has 0 N–H and O–H groups in total. The summed E-state index contributed by atoms with van der Waals surface area (Å²) in [4.78, 5) is 0. The van der Waals surface area contributed by atoms with E-state index in [1.54, 1.807) is 12.1 Å². The molecule has 29 heavy (non-hydrogen) atoms. The minimum absolute atomic E-state index is 0.116. The first kappa shape index (κ1) is 20.5. The largest absolute Gasteiger partial charge is 0.207 e. The van der Waals surface area contributed by atoms with Crippen molar-refractivity contribution >= 4 is 11.6 Å². The summed E-state index contributed by atoms with van der Waals surface area (Å²) in [6, 6.07) is 7.65. The molecule has 0 bridgehead atoms. The van der Waals surface area contributed by atoms with Crippen molar-refractivity contribution in [1.29, 1.82) is 0 Å². The van der Waals surface area contributed by atoms with E-state index in [0.717, 1.165) is 49.3 Å². The van der Waals surface area contributed by atoms with Gasteiger partial charge in [-0.1, -0.05) is 29.8 Å². The molecule has 154 valence electrons. The summed E-state index contributed by atoms with van der Waals surface area (Å²) < 4.78 is 42.7. The second-order valence-corrected chi connectivity index (χ2v) is 8.85. The summed E-state index contributed by atoms with van der Waals surface area (Å²) in [5.74, 6) is -0.363. The van der Waals surface area contributed by atoms with Crippen molar-refractivity contribution in [1.82, 2.24) is 0 Å². The van der Waals surface area contributed by atoms with Gasteiger partial charge < -0.3 is 0 Å². The lowest BCUT2D eigenvalue weighted by Gasteiger charge is -2.47. The number of rotatable bonds is 4. The van der Waals surface area contributed by atoms with Crippen molar-refractivity contribution in [3.8, 4) is 0 Å². The first-order valence-electron chi connectivity index (χ1n) is 10.5. The van der Waals surface area contributed by atoms with Gasteiger partial charge in [-0.3, -0.25) is 0 Å². The average Bonchev–Trinajstić information content (AvgIpc) is 2.69. The van der Waals surface area contributed by atoms with E-state index < -0.39 is 17.5 Å². The van der Waals surface area contributed by atoms with Crippen LogP contribution in [0.1, 0.15) is 67.6 Å². The van der Waals surface area contributed by atoms with Crippen molar-refractivity contribution < 1.29 is 13.2 Å². The summed E-state index contributed by atoms with van der Waals surface area (Å²) in [5, 5.41) is 0.129. The highest BCUT2D eigenvalue weighted by Gasteiger charge is 2.43. The number of allylic oxidation sites excluding steroid dienone is 2. The summed E-state index contributed by atoms with van der Waals surface area (Å²) >= 11 is 5.93. The molecule has 4 unspecified atom stereocenters. The van der Waals surface area contributed by atoms with Crippen LogP contribution >= 0.6 is 11.6 Å². The van der Waals surface area contributed by atoms with Crippen LogP contribution in [-0.4, -0.2) is 0 Å². The van der Waals surface area contributed by atoms with Crippen molar-refractivity contribution in [3.05, 3.63) is 81.6 Å². The molecule has 0 amide bonds. The van der Waals surface area contributed by atoms with Gasteiger partial charge in [-0.25, -0.2) is 13.2 Å². The smallest absolute Gasteiger partial charge is 0.142 e. The Morgan fingerprint density at radius 3 is 2.62 bits per heavy atom. The summed E-state index contributed by atoms with van der Waals surface area (Å²) in [5.41, 5.74) is 2.46. The van der Waals surface area contributed by atoms with E-state index in [0.29, 0.717) is 17.9 Å². The van der Waals surface area contributed by atoms with E-state index >= 15 is 0 Å². The Labute approximate surface area is 175 Å². The highest BCUT2D eigenvalue weighted by molar-refractivity contribution is 6.30. The van der Waals surface area contributed by atoms with Crippen LogP contribution in [0.25, 0.3) is 0 Å². The quantitative estimate of drug-likeness (QED) is 0.442. The van der Waals surface area contributed by atoms with Gasteiger partial charge in [0.2, 0.25) is 0 Å². The van der Waals surface area contributed by atoms with Crippen LogP contribution in [0.3, 0.4) is 0 Å². The molecule has 0 spiro atoms. The van der Waals surface area contributed by atoms with Gasteiger partial charge in [0.25, 0.3) is 0 Å². The van der Waals surface area contributed by atoms with Gasteiger partial charge in [0.1, 0.15) is 17.5 Å². The third-order valence-electron chi connectivity index (χ3n) is 6.92. The highest BCUT2D eigenvalue weighted by atomic mass is 35.5. The molecule has 1 saturated carbocycles. The van der Waals surface area contributed by atoms with E-state index in [-0.39, 0.29) is 22.8 Å². The van der Waals surface area contributed by atoms with Crippen molar-refractivity contribution in [3.63, 3.8) is 0 Å². The molecule has 0 aliphatic heterocycles. The molecule has 2 aromatic carbocycles. The van der Waals surface area contributed by atoms with Gasteiger partial charge in [-0.15, -0.1) is 0 Å². The van der Waals surface area contributed by atoms with Crippen LogP contribution in [-0.2, 0) is 6.42 Å². The Balaban J connectivity index is 1.73. The van der Waals surface area contributed by atoms with Gasteiger partial charge >= 0.3 is 0 Å². The first-order valence-corrected chi connectivity index (χ1v) is 10.9. The molecule has 0 heterocycles. The Morgan fingerprint density at radius 2 is 1.86 bits per heavy atom. The molecule has 2 aliphatic carbocycles. The molecule has 0 aromatic heterocycles. The molecule has 1 fully saturated rings. The maximum absolute atomic E-state index is 14.4. The molecule has 4 rings (SSSR count). The Bertz CT molecular complexity index is 921. The number of benzene rings is 2. The topological polar surface area (TPSA) is 0 Å². The number of fused-ring (bicyclic) bond motifs is 3. The molecule has 0 saturated heterocycles. The van der Waals surface area contributed by atoms with E-state index in [4.69, 9.17) is 11.6 Å². The van der Waals surface area contributed by atoms with Gasteiger partial charge in [-0.2, -0.15) is 0 Å². The molecule has 4 heteroatoms.